The van der Waals surface area contributed by atoms with Crippen molar-refractivity contribution < 1.29 is 9.53 Å². The zero-order chi connectivity index (χ0) is 15.1. The van der Waals surface area contributed by atoms with E-state index in [2.05, 4.69) is 28.3 Å². The van der Waals surface area contributed by atoms with E-state index in [0.717, 1.165) is 12.3 Å². The molecule has 1 fully saturated rings. The average Bonchev–Trinajstić information content (AvgIpc) is 3.15. The van der Waals surface area contributed by atoms with Crippen molar-refractivity contribution in [3.8, 4) is 5.75 Å². The normalized spacial score (nSPS) is 26.9. The van der Waals surface area contributed by atoms with Crippen molar-refractivity contribution in [3.05, 3.63) is 41.4 Å². The maximum atomic E-state index is 12.6. The summed E-state index contributed by atoms with van der Waals surface area (Å²) >= 11 is 1.44. The Morgan fingerprint density at radius 2 is 2.32 bits per heavy atom. The van der Waals surface area contributed by atoms with Crippen molar-refractivity contribution >= 4 is 22.4 Å². The second kappa shape index (κ2) is 5.37. The minimum atomic E-state index is -0.0766. The number of carbonyl (C=O) groups is 1. The summed E-state index contributed by atoms with van der Waals surface area (Å²) in [6.45, 7) is 1.33. The molecule has 0 unspecified atom stereocenters. The van der Waals surface area contributed by atoms with Crippen LogP contribution in [0.25, 0.3) is 0 Å². The Morgan fingerprint density at radius 3 is 3.14 bits per heavy atom. The molecule has 0 bridgehead atoms. The summed E-state index contributed by atoms with van der Waals surface area (Å²) in [5.41, 5.74) is 1.19. The zero-order valence-corrected chi connectivity index (χ0v) is 13.0. The number of likely N-dealkylation sites (tertiary alicyclic amines) is 1. The fourth-order valence-electron chi connectivity index (χ4n) is 3.58. The number of nitrogens with one attached hydrogen (secondary N) is 1. The number of aromatic nitrogens is 1. The Hall–Kier alpha value is -1.92. The van der Waals surface area contributed by atoms with Crippen LogP contribution in [-0.2, 0) is 4.79 Å². The topological polar surface area (TPSA) is 54.5 Å². The molecule has 0 radical (unpaired) electrons. The molecule has 22 heavy (non-hydrogen) atoms. The first kappa shape index (κ1) is 13.7. The molecular formula is C16H17N3O2S. The van der Waals surface area contributed by atoms with Gasteiger partial charge >= 0.3 is 0 Å². The number of nitrogens with zero attached hydrogens (tertiary/aromatic N) is 2. The van der Waals surface area contributed by atoms with E-state index in [-0.39, 0.29) is 23.8 Å². The van der Waals surface area contributed by atoms with Crippen molar-refractivity contribution in [2.24, 2.45) is 11.8 Å². The highest BCUT2D eigenvalue weighted by Gasteiger charge is 2.47. The summed E-state index contributed by atoms with van der Waals surface area (Å²) in [5.74, 6) is 1.08. The Kier molecular flexibility index (Phi) is 3.35. The smallest absolute Gasteiger partial charge is 0.231 e. The number of amides is 1. The molecule has 2 aromatic rings. The van der Waals surface area contributed by atoms with Gasteiger partial charge in [0.25, 0.3) is 0 Å². The van der Waals surface area contributed by atoms with E-state index in [9.17, 15) is 4.79 Å². The van der Waals surface area contributed by atoms with Gasteiger partial charge in [0.05, 0.1) is 12.5 Å². The first-order valence-corrected chi connectivity index (χ1v) is 8.24. The van der Waals surface area contributed by atoms with Crippen LogP contribution in [0.3, 0.4) is 0 Å². The van der Waals surface area contributed by atoms with Crippen molar-refractivity contribution in [2.75, 3.05) is 25.5 Å². The van der Waals surface area contributed by atoms with Gasteiger partial charge in [0, 0.05) is 35.6 Å². The van der Waals surface area contributed by atoms with Crippen LogP contribution in [0.4, 0.5) is 5.13 Å². The Balaban J connectivity index is 1.59. The first-order chi connectivity index (χ1) is 10.7. The van der Waals surface area contributed by atoms with E-state index >= 15 is 0 Å². The lowest BCUT2D eigenvalue weighted by atomic mass is 9.85. The summed E-state index contributed by atoms with van der Waals surface area (Å²) in [5, 5.41) is 5.45. The molecule has 114 valence electrons. The van der Waals surface area contributed by atoms with Gasteiger partial charge in [0.15, 0.2) is 5.13 Å². The van der Waals surface area contributed by atoms with Gasteiger partial charge in [-0.15, -0.1) is 11.3 Å². The summed E-state index contributed by atoms with van der Waals surface area (Å²) in [6.07, 6.45) is 1.70. The highest BCUT2D eigenvalue weighted by atomic mass is 32.1. The molecule has 0 aliphatic carbocycles. The number of ether oxygens (including phenoxy) is 1. The van der Waals surface area contributed by atoms with Gasteiger partial charge in [-0.2, -0.15) is 0 Å². The molecule has 1 amide bonds. The summed E-state index contributed by atoms with van der Waals surface area (Å²) in [7, 11) is 2.08. The van der Waals surface area contributed by atoms with Gasteiger partial charge in [-0.25, -0.2) is 4.98 Å². The maximum Gasteiger partial charge on any atom is 0.231 e. The van der Waals surface area contributed by atoms with Crippen LogP contribution in [0, 0.1) is 11.8 Å². The van der Waals surface area contributed by atoms with Crippen LogP contribution in [0.2, 0.25) is 0 Å². The number of fused-ring (bicyclic) bond motifs is 3. The maximum absolute atomic E-state index is 12.6. The van der Waals surface area contributed by atoms with Crippen LogP contribution in [0.1, 0.15) is 11.6 Å². The Labute approximate surface area is 132 Å². The van der Waals surface area contributed by atoms with E-state index in [1.54, 1.807) is 6.20 Å². The van der Waals surface area contributed by atoms with E-state index in [0.29, 0.717) is 11.7 Å². The van der Waals surface area contributed by atoms with Crippen molar-refractivity contribution in [2.45, 2.75) is 6.04 Å². The summed E-state index contributed by atoms with van der Waals surface area (Å²) in [4.78, 5) is 19.0. The third-order valence-electron chi connectivity index (χ3n) is 4.55. The number of benzene rings is 1. The lowest BCUT2D eigenvalue weighted by molar-refractivity contribution is -0.121. The second-order valence-corrected chi connectivity index (χ2v) is 6.72. The quantitative estimate of drug-likeness (QED) is 0.924. The van der Waals surface area contributed by atoms with Crippen molar-refractivity contribution in [1.29, 1.82) is 0 Å². The molecule has 5 nitrogen and oxygen atoms in total. The van der Waals surface area contributed by atoms with Crippen molar-refractivity contribution in [3.63, 3.8) is 0 Å². The van der Waals surface area contributed by atoms with Gasteiger partial charge < -0.3 is 10.1 Å². The molecule has 1 N–H and O–H groups in total. The molecule has 1 aromatic heterocycles. The lowest BCUT2D eigenvalue weighted by Crippen LogP contribution is -2.34. The first-order valence-electron chi connectivity index (χ1n) is 7.36. The molecule has 2 aliphatic rings. The second-order valence-electron chi connectivity index (χ2n) is 5.83. The number of carbonyl (C=O) groups excluding carboxylic acids is 1. The van der Waals surface area contributed by atoms with E-state index in [1.807, 2.05) is 23.6 Å². The summed E-state index contributed by atoms with van der Waals surface area (Å²) in [6, 6.07) is 8.37. The van der Waals surface area contributed by atoms with E-state index in [1.165, 1.54) is 16.9 Å². The molecule has 6 heteroatoms. The fraction of sp³-hybridized carbons (Fsp3) is 0.375. The van der Waals surface area contributed by atoms with Gasteiger partial charge in [-0.1, -0.05) is 18.2 Å². The minimum absolute atomic E-state index is 0.0391. The van der Waals surface area contributed by atoms with Crippen LogP contribution in [-0.4, -0.2) is 36.0 Å². The molecule has 3 atom stereocenters. The average molecular weight is 315 g/mol. The predicted octanol–water partition coefficient (Wildman–Crippen LogP) is 2.39. The Morgan fingerprint density at radius 1 is 1.45 bits per heavy atom. The number of thiazole rings is 1. The number of hydrogen-bond donors (Lipinski definition) is 1. The third kappa shape index (κ3) is 2.19. The lowest BCUT2D eigenvalue weighted by Gasteiger charge is -2.32. The molecular weight excluding hydrogens is 298 g/mol. The van der Waals surface area contributed by atoms with Crippen LogP contribution < -0.4 is 10.1 Å². The van der Waals surface area contributed by atoms with Gasteiger partial charge in [0.1, 0.15) is 5.75 Å². The summed E-state index contributed by atoms with van der Waals surface area (Å²) < 4.78 is 5.88. The number of para-hydroxylation sites is 1. The SMILES string of the molecule is CN1C[C@@H](C(=O)Nc2nccs2)[C@@H]2COc3ccccc3[C@@H]21. The minimum Gasteiger partial charge on any atom is -0.493 e. The standard InChI is InChI=1S/C16H17N3O2S/c1-19-8-11(15(20)18-16-17-6-7-22-16)12-9-21-13-5-3-2-4-10(13)14(12)19/h2-7,11-12,14H,8-9H2,1H3,(H,17,18,20)/t11-,12+,14+/m1/s1. The molecule has 0 spiro atoms. The van der Waals surface area contributed by atoms with Crippen molar-refractivity contribution in [1.82, 2.24) is 9.88 Å². The number of rotatable bonds is 2. The zero-order valence-electron chi connectivity index (χ0n) is 12.2. The highest BCUT2D eigenvalue weighted by molar-refractivity contribution is 7.13. The molecule has 3 heterocycles. The number of hydrogen-bond acceptors (Lipinski definition) is 5. The predicted molar refractivity (Wildman–Crippen MR) is 85.0 cm³/mol. The van der Waals surface area contributed by atoms with Gasteiger partial charge in [-0.3, -0.25) is 9.69 Å². The van der Waals surface area contributed by atoms with Gasteiger partial charge in [0.2, 0.25) is 5.91 Å². The molecule has 4 rings (SSSR count). The highest BCUT2D eigenvalue weighted by Crippen LogP contribution is 2.46. The van der Waals surface area contributed by atoms with Crippen LogP contribution in [0.15, 0.2) is 35.8 Å². The number of anilines is 1. The van der Waals surface area contributed by atoms with E-state index < -0.39 is 0 Å². The molecule has 2 aliphatic heterocycles. The third-order valence-corrected chi connectivity index (χ3v) is 5.24. The largest absolute Gasteiger partial charge is 0.493 e. The molecule has 1 aromatic carbocycles. The van der Waals surface area contributed by atoms with Crippen LogP contribution >= 0.6 is 11.3 Å². The molecule has 1 saturated heterocycles. The fourth-order valence-corrected chi connectivity index (χ4v) is 4.12. The molecule has 0 saturated carbocycles. The monoisotopic (exact) mass is 315 g/mol. The van der Waals surface area contributed by atoms with Crippen LogP contribution in [0.5, 0.6) is 5.75 Å². The van der Waals surface area contributed by atoms with Gasteiger partial charge in [-0.05, 0) is 13.1 Å². The van der Waals surface area contributed by atoms with E-state index in [4.69, 9.17) is 4.74 Å². The Bertz CT molecular complexity index is 688.